The number of unbranched alkanes of at least 4 members (excludes halogenated alkanes) is 3. The van der Waals surface area contributed by atoms with Gasteiger partial charge in [-0.15, -0.1) is 0 Å². The molecule has 5 heteroatoms. The van der Waals surface area contributed by atoms with Gasteiger partial charge >= 0.3 is 6.18 Å². The largest absolute Gasteiger partial charge is 0.389 e. The fourth-order valence-corrected chi connectivity index (χ4v) is 5.48. The maximum atomic E-state index is 12.1. The summed E-state index contributed by atoms with van der Waals surface area (Å²) in [5.74, 6) is 3.26. The van der Waals surface area contributed by atoms with Crippen molar-refractivity contribution in [1.29, 1.82) is 0 Å². The lowest BCUT2D eigenvalue weighted by Gasteiger charge is -2.38. The smallest absolute Gasteiger partial charge is 0.353 e. The first-order valence-electron chi connectivity index (χ1n) is 11.8. The van der Waals surface area contributed by atoms with E-state index in [-0.39, 0.29) is 5.91 Å². The Kier molecular flexibility index (Phi) is 10.6. The number of hydrogen-bond donors (Lipinski definition) is 1. The molecule has 0 unspecified atom stereocenters. The van der Waals surface area contributed by atoms with Crippen LogP contribution in [0, 0.1) is 23.7 Å². The van der Waals surface area contributed by atoms with Crippen LogP contribution in [0.2, 0.25) is 0 Å². The van der Waals surface area contributed by atoms with E-state index in [0.717, 1.165) is 55.9 Å². The molecule has 1 N–H and O–H groups in total. The molecule has 0 spiro atoms. The van der Waals surface area contributed by atoms with Crippen LogP contribution in [0.4, 0.5) is 13.2 Å². The van der Waals surface area contributed by atoms with Crippen LogP contribution < -0.4 is 5.32 Å². The van der Waals surface area contributed by atoms with E-state index in [4.69, 9.17) is 0 Å². The molecule has 29 heavy (non-hydrogen) atoms. The highest BCUT2D eigenvalue weighted by molar-refractivity contribution is 5.86. The van der Waals surface area contributed by atoms with E-state index in [9.17, 15) is 18.0 Å². The van der Waals surface area contributed by atoms with Gasteiger partial charge in [0.2, 0.25) is 5.91 Å². The Morgan fingerprint density at radius 1 is 0.828 bits per heavy atom. The van der Waals surface area contributed by atoms with E-state index in [1.807, 2.05) is 0 Å². The lowest BCUT2D eigenvalue weighted by molar-refractivity contribution is -0.135. The van der Waals surface area contributed by atoms with Gasteiger partial charge in [0.1, 0.15) is 0 Å². The van der Waals surface area contributed by atoms with Crippen LogP contribution in [0.1, 0.15) is 96.3 Å². The van der Waals surface area contributed by atoms with Crippen molar-refractivity contribution in [2.75, 3.05) is 6.54 Å². The lowest BCUT2D eigenvalue weighted by Crippen LogP contribution is -2.28. The van der Waals surface area contributed by atoms with E-state index in [1.54, 1.807) is 0 Å². The van der Waals surface area contributed by atoms with Crippen molar-refractivity contribution in [3.8, 4) is 0 Å². The van der Waals surface area contributed by atoms with E-state index in [1.165, 1.54) is 63.9 Å². The molecule has 0 radical (unpaired) electrons. The van der Waals surface area contributed by atoms with Gasteiger partial charge in [-0.3, -0.25) is 4.79 Å². The number of carbonyl (C=O) groups excluding carboxylic acids is 1. The molecule has 2 aliphatic rings. The number of amides is 1. The van der Waals surface area contributed by atoms with Crippen molar-refractivity contribution in [3.63, 3.8) is 0 Å². The maximum Gasteiger partial charge on any atom is 0.389 e. The van der Waals surface area contributed by atoms with Gasteiger partial charge in [0.25, 0.3) is 0 Å². The molecule has 0 saturated heterocycles. The molecule has 0 aliphatic heterocycles. The lowest BCUT2D eigenvalue weighted by atomic mass is 9.68. The highest BCUT2D eigenvalue weighted by atomic mass is 19.4. The SMILES string of the molecule is C=CC(=O)NCCC1CCC(C2CCC(CCCCCCC(F)(F)F)CC2)CC1. The first-order valence-corrected chi connectivity index (χ1v) is 11.8. The second-order valence-corrected chi connectivity index (χ2v) is 9.41. The van der Waals surface area contributed by atoms with Crippen LogP contribution in [0.15, 0.2) is 12.7 Å². The number of nitrogens with one attached hydrogen (secondary N) is 1. The van der Waals surface area contributed by atoms with Gasteiger partial charge in [0, 0.05) is 13.0 Å². The van der Waals surface area contributed by atoms with Crippen molar-refractivity contribution < 1.29 is 18.0 Å². The van der Waals surface area contributed by atoms with Crippen LogP contribution in [0.3, 0.4) is 0 Å². The standard InChI is InChI=1S/C24H40F3NO/c1-2-23(29)28-18-16-20-10-14-22(15-11-20)21-12-8-19(9-13-21)7-5-3-4-6-17-24(25,26)27/h2,19-22H,1,3-18H2,(H,28,29). The summed E-state index contributed by atoms with van der Waals surface area (Å²) in [5.41, 5.74) is 0. The molecule has 0 heterocycles. The van der Waals surface area contributed by atoms with Gasteiger partial charge < -0.3 is 5.32 Å². The summed E-state index contributed by atoms with van der Waals surface area (Å²) >= 11 is 0. The number of carbonyl (C=O) groups is 1. The summed E-state index contributed by atoms with van der Waals surface area (Å²) in [5, 5.41) is 2.89. The Balaban J connectivity index is 1.50. The Morgan fingerprint density at radius 3 is 1.86 bits per heavy atom. The third kappa shape index (κ3) is 10.0. The molecule has 2 aliphatic carbocycles. The Hall–Kier alpha value is -1.00. The Bertz CT molecular complexity index is 475. The fraction of sp³-hybridized carbons (Fsp3) is 0.875. The number of alkyl halides is 3. The minimum absolute atomic E-state index is 0.0725. The second-order valence-electron chi connectivity index (χ2n) is 9.41. The molecule has 0 aromatic rings. The van der Waals surface area contributed by atoms with Gasteiger partial charge in [-0.25, -0.2) is 0 Å². The first kappa shape index (κ1) is 24.3. The Labute approximate surface area is 175 Å². The van der Waals surface area contributed by atoms with Crippen LogP contribution in [-0.4, -0.2) is 18.6 Å². The van der Waals surface area contributed by atoms with Gasteiger partial charge in [0.05, 0.1) is 0 Å². The van der Waals surface area contributed by atoms with Crippen molar-refractivity contribution in [2.45, 2.75) is 102 Å². The highest BCUT2D eigenvalue weighted by Crippen LogP contribution is 2.42. The number of hydrogen-bond acceptors (Lipinski definition) is 1. The van der Waals surface area contributed by atoms with Crippen LogP contribution in [0.5, 0.6) is 0 Å². The van der Waals surface area contributed by atoms with Crippen LogP contribution >= 0.6 is 0 Å². The van der Waals surface area contributed by atoms with Crippen molar-refractivity contribution in [3.05, 3.63) is 12.7 Å². The van der Waals surface area contributed by atoms with Crippen LogP contribution in [0.25, 0.3) is 0 Å². The van der Waals surface area contributed by atoms with Gasteiger partial charge in [-0.05, 0) is 68.3 Å². The Morgan fingerprint density at radius 2 is 1.34 bits per heavy atom. The predicted molar refractivity (Wildman–Crippen MR) is 112 cm³/mol. The molecule has 2 rings (SSSR count). The normalized spacial score (nSPS) is 28.1. The van der Waals surface area contributed by atoms with E-state index < -0.39 is 12.6 Å². The molecule has 0 aromatic heterocycles. The van der Waals surface area contributed by atoms with Gasteiger partial charge in [-0.2, -0.15) is 13.2 Å². The van der Waals surface area contributed by atoms with E-state index in [2.05, 4.69) is 11.9 Å². The summed E-state index contributed by atoms with van der Waals surface area (Å²) in [4.78, 5) is 11.2. The predicted octanol–water partition coefficient (Wildman–Crippen LogP) is 7.19. The molecule has 0 bridgehead atoms. The fourth-order valence-electron chi connectivity index (χ4n) is 5.48. The van der Waals surface area contributed by atoms with Crippen molar-refractivity contribution >= 4 is 5.91 Å². The molecule has 2 fully saturated rings. The molecule has 0 aromatic carbocycles. The molecular formula is C24H40F3NO. The zero-order valence-corrected chi connectivity index (χ0v) is 17.9. The second kappa shape index (κ2) is 12.6. The minimum Gasteiger partial charge on any atom is -0.353 e. The monoisotopic (exact) mass is 415 g/mol. The average molecular weight is 416 g/mol. The van der Waals surface area contributed by atoms with Gasteiger partial charge in [0.15, 0.2) is 0 Å². The van der Waals surface area contributed by atoms with E-state index >= 15 is 0 Å². The molecule has 1 amide bonds. The highest BCUT2D eigenvalue weighted by Gasteiger charge is 2.30. The van der Waals surface area contributed by atoms with E-state index in [0.29, 0.717) is 6.42 Å². The summed E-state index contributed by atoms with van der Waals surface area (Å²) < 4.78 is 36.4. The maximum absolute atomic E-state index is 12.1. The zero-order valence-electron chi connectivity index (χ0n) is 17.9. The van der Waals surface area contributed by atoms with Crippen molar-refractivity contribution in [2.24, 2.45) is 23.7 Å². The van der Waals surface area contributed by atoms with Crippen molar-refractivity contribution in [1.82, 2.24) is 5.32 Å². The minimum atomic E-state index is -3.99. The summed E-state index contributed by atoms with van der Waals surface area (Å²) in [6.07, 6.45) is 12.7. The third-order valence-electron chi connectivity index (χ3n) is 7.31. The number of rotatable bonds is 11. The van der Waals surface area contributed by atoms with Gasteiger partial charge in [-0.1, -0.05) is 57.9 Å². The zero-order chi connectivity index (χ0) is 21.1. The molecular weight excluding hydrogens is 375 g/mol. The molecule has 168 valence electrons. The quantitative estimate of drug-likeness (QED) is 0.281. The summed E-state index contributed by atoms with van der Waals surface area (Å²) in [6, 6.07) is 0. The third-order valence-corrected chi connectivity index (χ3v) is 7.31. The summed E-state index contributed by atoms with van der Waals surface area (Å²) in [7, 11) is 0. The van der Waals surface area contributed by atoms with Crippen LogP contribution in [-0.2, 0) is 4.79 Å². The topological polar surface area (TPSA) is 29.1 Å². The average Bonchev–Trinajstić information content (AvgIpc) is 2.70. The summed E-state index contributed by atoms with van der Waals surface area (Å²) in [6.45, 7) is 4.25. The molecule has 2 saturated carbocycles. The molecule has 0 atom stereocenters. The number of halogens is 3. The first-order chi connectivity index (χ1) is 13.9. The molecule has 2 nitrogen and oxygen atoms in total.